The van der Waals surface area contributed by atoms with E-state index in [0.717, 1.165) is 22.2 Å². The second kappa shape index (κ2) is 5.49. The third-order valence-corrected chi connectivity index (χ3v) is 3.63. The Kier molecular flexibility index (Phi) is 3.20. The fourth-order valence-electron chi connectivity index (χ4n) is 2.47. The van der Waals surface area contributed by atoms with Gasteiger partial charge in [-0.25, -0.2) is 4.98 Å². The molecule has 0 fully saturated rings. The number of nitrogens with zero attached hydrogens (tertiary/aromatic N) is 1. The molecular weight excluding hydrogens is 294 g/mol. The predicted molar refractivity (Wildman–Crippen MR) is 83.7 cm³/mol. The van der Waals surface area contributed by atoms with Gasteiger partial charge in [-0.3, -0.25) is 4.79 Å². The van der Waals surface area contributed by atoms with Crippen molar-refractivity contribution < 1.29 is 13.6 Å². The zero-order valence-corrected chi connectivity index (χ0v) is 12.1. The van der Waals surface area contributed by atoms with Crippen LogP contribution in [0.4, 0.5) is 0 Å². The van der Waals surface area contributed by atoms with Gasteiger partial charge in [0.15, 0.2) is 0 Å². The van der Waals surface area contributed by atoms with E-state index < -0.39 is 0 Å². The third-order valence-electron chi connectivity index (χ3n) is 3.63. The summed E-state index contributed by atoms with van der Waals surface area (Å²) in [5, 5.41) is 3.68. The maximum atomic E-state index is 12.3. The van der Waals surface area contributed by atoms with Crippen LogP contribution in [0.2, 0.25) is 0 Å². The van der Waals surface area contributed by atoms with Crippen molar-refractivity contribution in [2.24, 2.45) is 0 Å². The van der Waals surface area contributed by atoms with E-state index in [1.54, 1.807) is 31.1 Å². The first-order valence-corrected chi connectivity index (χ1v) is 7.11. The van der Waals surface area contributed by atoms with Gasteiger partial charge in [0.2, 0.25) is 0 Å². The summed E-state index contributed by atoms with van der Waals surface area (Å²) in [6, 6.07) is 7.28. The smallest absolute Gasteiger partial charge is 0.253 e. The van der Waals surface area contributed by atoms with Crippen LogP contribution in [0.5, 0.6) is 0 Å². The highest BCUT2D eigenvalue weighted by atomic mass is 16.3. The SMILES string of the molecule is O=C(NCc1ccco1)c1cnc2[nH]cc(-c3ccoc3)c2c1. The molecule has 4 aromatic rings. The van der Waals surface area contributed by atoms with Crippen LogP contribution in [0.1, 0.15) is 16.1 Å². The molecule has 0 unspecified atom stereocenters. The summed E-state index contributed by atoms with van der Waals surface area (Å²) in [5.41, 5.74) is 3.10. The lowest BCUT2D eigenvalue weighted by Gasteiger charge is -2.04. The van der Waals surface area contributed by atoms with Gasteiger partial charge in [0.05, 0.1) is 30.9 Å². The number of aromatic amines is 1. The van der Waals surface area contributed by atoms with Crippen LogP contribution in [0.3, 0.4) is 0 Å². The highest BCUT2D eigenvalue weighted by Crippen LogP contribution is 2.28. The first-order valence-electron chi connectivity index (χ1n) is 7.11. The molecule has 114 valence electrons. The van der Waals surface area contributed by atoms with Crippen LogP contribution in [0.15, 0.2) is 64.3 Å². The molecule has 0 aliphatic heterocycles. The molecule has 6 heteroatoms. The number of furan rings is 2. The molecule has 0 saturated carbocycles. The van der Waals surface area contributed by atoms with Crippen LogP contribution >= 0.6 is 0 Å². The fraction of sp³-hybridized carbons (Fsp3) is 0.0588. The quantitative estimate of drug-likeness (QED) is 0.605. The minimum atomic E-state index is -0.199. The Hall–Kier alpha value is -3.28. The predicted octanol–water partition coefficient (Wildman–Crippen LogP) is 3.35. The number of H-pyrrole nitrogens is 1. The minimum absolute atomic E-state index is 0.199. The van der Waals surface area contributed by atoms with Crippen LogP contribution in [-0.4, -0.2) is 15.9 Å². The lowest BCUT2D eigenvalue weighted by Crippen LogP contribution is -2.22. The second-order valence-corrected chi connectivity index (χ2v) is 5.10. The van der Waals surface area contributed by atoms with E-state index in [9.17, 15) is 4.79 Å². The van der Waals surface area contributed by atoms with Gasteiger partial charge in [-0.05, 0) is 24.3 Å². The number of hydrogen-bond acceptors (Lipinski definition) is 4. The fourth-order valence-corrected chi connectivity index (χ4v) is 2.47. The molecule has 1 amide bonds. The summed E-state index contributed by atoms with van der Waals surface area (Å²) in [6.45, 7) is 0.339. The molecule has 4 rings (SSSR count). The molecule has 0 spiro atoms. The molecule has 0 aromatic carbocycles. The monoisotopic (exact) mass is 307 g/mol. The Labute approximate surface area is 131 Å². The summed E-state index contributed by atoms with van der Waals surface area (Å²) in [6.07, 6.45) is 8.25. The van der Waals surface area contributed by atoms with Gasteiger partial charge < -0.3 is 19.1 Å². The normalized spacial score (nSPS) is 11.0. The molecule has 23 heavy (non-hydrogen) atoms. The van der Waals surface area contributed by atoms with Gasteiger partial charge in [0.25, 0.3) is 5.91 Å². The van der Waals surface area contributed by atoms with Crippen molar-refractivity contribution in [2.75, 3.05) is 0 Å². The molecule has 0 radical (unpaired) electrons. The van der Waals surface area contributed by atoms with Gasteiger partial charge in [0.1, 0.15) is 11.4 Å². The van der Waals surface area contributed by atoms with E-state index in [-0.39, 0.29) is 5.91 Å². The highest BCUT2D eigenvalue weighted by Gasteiger charge is 2.12. The summed E-state index contributed by atoms with van der Waals surface area (Å²) in [7, 11) is 0. The van der Waals surface area contributed by atoms with E-state index in [1.165, 1.54) is 0 Å². The maximum absolute atomic E-state index is 12.3. The first kappa shape index (κ1) is 13.4. The van der Waals surface area contributed by atoms with Gasteiger partial charge in [-0.1, -0.05) is 0 Å². The number of amides is 1. The Balaban J connectivity index is 1.62. The van der Waals surface area contributed by atoms with Crippen molar-refractivity contribution >= 4 is 16.9 Å². The summed E-state index contributed by atoms with van der Waals surface area (Å²) in [5.74, 6) is 0.503. The second-order valence-electron chi connectivity index (χ2n) is 5.10. The molecule has 2 N–H and O–H groups in total. The van der Waals surface area contributed by atoms with Crippen molar-refractivity contribution in [3.8, 4) is 11.1 Å². The van der Waals surface area contributed by atoms with Gasteiger partial charge >= 0.3 is 0 Å². The zero-order valence-electron chi connectivity index (χ0n) is 12.1. The van der Waals surface area contributed by atoms with Gasteiger partial charge in [-0.2, -0.15) is 0 Å². The average molecular weight is 307 g/mol. The number of carbonyl (C=O) groups excluding carboxylic acids is 1. The van der Waals surface area contributed by atoms with E-state index in [0.29, 0.717) is 17.9 Å². The number of nitrogens with one attached hydrogen (secondary N) is 2. The number of fused-ring (bicyclic) bond motifs is 1. The summed E-state index contributed by atoms with van der Waals surface area (Å²) in [4.78, 5) is 19.7. The Morgan fingerprint density at radius 3 is 3.04 bits per heavy atom. The molecule has 0 saturated heterocycles. The van der Waals surface area contributed by atoms with Gasteiger partial charge in [-0.15, -0.1) is 0 Å². The molecular formula is C17H13N3O3. The molecule has 0 aliphatic rings. The molecule has 6 nitrogen and oxygen atoms in total. The Bertz CT molecular complexity index is 937. The summed E-state index contributed by atoms with van der Waals surface area (Å²) >= 11 is 0. The average Bonchev–Trinajstić information content (AvgIpc) is 3.31. The topological polar surface area (TPSA) is 84.1 Å². The summed E-state index contributed by atoms with van der Waals surface area (Å²) < 4.78 is 10.3. The Morgan fingerprint density at radius 1 is 1.30 bits per heavy atom. The zero-order chi connectivity index (χ0) is 15.6. The number of rotatable bonds is 4. The van der Waals surface area contributed by atoms with Crippen molar-refractivity contribution in [1.29, 1.82) is 0 Å². The minimum Gasteiger partial charge on any atom is -0.472 e. The lowest BCUT2D eigenvalue weighted by molar-refractivity contribution is 0.0948. The lowest BCUT2D eigenvalue weighted by atomic mass is 10.1. The number of aromatic nitrogens is 2. The van der Waals surface area contributed by atoms with Crippen LogP contribution in [-0.2, 0) is 6.54 Å². The molecule has 0 atom stereocenters. The first-order chi connectivity index (χ1) is 11.3. The largest absolute Gasteiger partial charge is 0.472 e. The van der Waals surface area contributed by atoms with E-state index in [1.807, 2.05) is 24.4 Å². The van der Waals surface area contributed by atoms with Crippen molar-refractivity contribution in [1.82, 2.24) is 15.3 Å². The third kappa shape index (κ3) is 2.50. The van der Waals surface area contributed by atoms with E-state index >= 15 is 0 Å². The van der Waals surface area contributed by atoms with Crippen LogP contribution in [0.25, 0.3) is 22.2 Å². The van der Waals surface area contributed by atoms with E-state index in [4.69, 9.17) is 8.83 Å². The maximum Gasteiger partial charge on any atom is 0.253 e. The van der Waals surface area contributed by atoms with Crippen LogP contribution < -0.4 is 5.32 Å². The molecule has 4 aromatic heterocycles. The standard InChI is InChI=1S/C17H13N3O3/c21-17(20-8-13-2-1-4-23-13)12-6-14-15(11-3-5-22-10-11)9-19-16(14)18-7-12/h1-7,9-10H,8H2,(H,18,19)(H,20,21). The van der Waals surface area contributed by atoms with E-state index in [2.05, 4.69) is 15.3 Å². The number of carbonyl (C=O) groups is 1. The van der Waals surface area contributed by atoms with Crippen molar-refractivity contribution in [3.05, 3.63) is 66.8 Å². The molecule has 4 heterocycles. The van der Waals surface area contributed by atoms with Crippen LogP contribution in [0, 0.1) is 0 Å². The number of hydrogen-bond donors (Lipinski definition) is 2. The van der Waals surface area contributed by atoms with Crippen molar-refractivity contribution in [3.63, 3.8) is 0 Å². The Morgan fingerprint density at radius 2 is 2.26 bits per heavy atom. The number of pyridine rings is 1. The van der Waals surface area contributed by atoms with Crippen molar-refractivity contribution in [2.45, 2.75) is 6.54 Å². The molecule has 0 aliphatic carbocycles. The molecule has 0 bridgehead atoms. The van der Waals surface area contributed by atoms with Gasteiger partial charge in [0, 0.05) is 28.9 Å². The highest BCUT2D eigenvalue weighted by molar-refractivity contribution is 6.00.